The molecule has 2 aliphatic heterocycles. The smallest absolute Gasteiger partial charge is 0.0513 e. The lowest BCUT2D eigenvalue weighted by Crippen LogP contribution is -2.33. The van der Waals surface area contributed by atoms with Gasteiger partial charge in [-0.2, -0.15) is 0 Å². The number of rotatable bonds is 1. The SMILES string of the molecule is c1cc2c(s1)C(C1CCOC1)NCC2. The minimum absolute atomic E-state index is 0.571. The molecule has 1 aromatic rings. The Morgan fingerprint density at radius 2 is 2.50 bits per heavy atom. The van der Waals surface area contributed by atoms with E-state index in [9.17, 15) is 0 Å². The highest BCUT2D eigenvalue weighted by atomic mass is 32.1. The van der Waals surface area contributed by atoms with Crippen LogP contribution in [0.2, 0.25) is 0 Å². The summed E-state index contributed by atoms with van der Waals surface area (Å²) in [5, 5.41) is 5.86. The van der Waals surface area contributed by atoms with Crippen LogP contribution in [-0.2, 0) is 11.2 Å². The molecule has 76 valence electrons. The van der Waals surface area contributed by atoms with E-state index in [0.717, 1.165) is 19.8 Å². The first-order valence-electron chi connectivity index (χ1n) is 5.32. The molecule has 3 heterocycles. The van der Waals surface area contributed by atoms with Crippen LogP contribution in [-0.4, -0.2) is 19.8 Å². The zero-order valence-corrected chi connectivity index (χ0v) is 8.98. The molecular formula is C11H15NOS. The maximum atomic E-state index is 5.47. The first kappa shape index (κ1) is 8.89. The van der Waals surface area contributed by atoms with Gasteiger partial charge in [-0.1, -0.05) is 0 Å². The Hall–Kier alpha value is -0.380. The van der Waals surface area contributed by atoms with Gasteiger partial charge in [-0.15, -0.1) is 11.3 Å². The van der Waals surface area contributed by atoms with Gasteiger partial charge < -0.3 is 10.1 Å². The van der Waals surface area contributed by atoms with Crippen molar-refractivity contribution in [3.63, 3.8) is 0 Å². The van der Waals surface area contributed by atoms with E-state index in [1.54, 1.807) is 10.4 Å². The van der Waals surface area contributed by atoms with Crippen LogP contribution < -0.4 is 5.32 Å². The molecule has 0 radical (unpaired) electrons. The van der Waals surface area contributed by atoms with E-state index in [1.165, 1.54) is 12.8 Å². The van der Waals surface area contributed by atoms with Crippen molar-refractivity contribution in [2.75, 3.05) is 19.8 Å². The molecular weight excluding hydrogens is 194 g/mol. The van der Waals surface area contributed by atoms with Gasteiger partial charge in [0.1, 0.15) is 0 Å². The third kappa shape index (κ3) is 1.40. The first-order valence-corrected chi connectivity index (χ1v) is 6.20. The van der Waals surface area contributed by atoms with Gasteiger partial charge in [0.15, 0.2) is 0 Å². The van der Waals surface area contributed by atoms with E-state index in [0.29, 0.717) is 12.0 Å². The van der Waals surface area contributed by atoms with Gasteiger partial charge in [0.2, 0.25) is 0 Å². The highest BCUT2D eigenvalue weighted by Gasteiger charge is 2.30. The minimum Gasteiger partial charge on any atom is -0.381 e. The fourth-order valence-electron chi connectivity index (χ4n) is 2.48. The van der Waals surface area contributed by atoms with Gasteiger partial charge in [0, 0.05) is 23.4 Å². The molecule has 0 amide bonds. The van der Waals surface area contributed by atoms with Crippen LogP contribution in [0.4, 0.5) is 0 Å². The Bertz CT molecular complexity index is 317. The highest BCUT2D eigenvalue weighted by molar-refractivity contribution is 7.10. The number of nitrogens with one attached hydrogen (secondary N) is 1. The Morgan fingerprint density at radius 1 is 1.50 bits per heavy atom. The first-order chi connectivity index (χ1) is 6.95. The van der Waals surface area contributed by atoms with Crippen molar-refractivity contribution in [3.05, 3.63) is 21.9 Å². The summed E-state index contributed by atoms with van der Waals surface area (Å²) in [7, 11) is 0. The van der Waals surface area contributed by atoms with Gasteiger partial charge in [-0.25, -0.2) is 0 Å². The monoisotopic (exact) mass is 209 g/mol. The molecule has 1 fully saturated rings. The second-order valence-corrected chi connectivity index (χ2v) is 5.06. The number of hydrogen-bond acceptors (Lipinski definition) is 3. The predicted molar refractivity (Wildman–Crippen MR) is 57.7 cm³/mol. The van der Waals surface area contributed by atoms with Gasteiger partial charge in [0.25, 0.3) is 0 Å². The molecule has 1 saturated heterocycles. The maximum absolute atomic E-state index is 5.47. The van der Waals surface area contributed by atoms with E-state index < -0.39 is 0 Å². The van der Waals surface area contributed by atoms with Gasteiger partial charge in [-0.05, 0) is 36.4 Å². The highest BCUT2D eigenvalue weighted by Crippen LogP contribution is 2.36. The predicted octanol–water partition coefficient (Wildman–Crippen LogP) is 1.97. The molecule has 2 unspecified atom stereocenters. The summed E-state index contributed by atoms with van der Waals surface area (Å²) in [4.78, 5) is 1.56. The Morgan fingerprint density at radius 3 is 3.36 bits per heavy atom. The number of thiophene rings is 1. The summed E-state index contributed by atoms with van der Waals surface area (Å²) in [6.07, 6.45) is 2.41. The lowest BCUT2D eigenvalue weighted by atomic mass is 9.92. The second kappa shape index (κ2) is 3.65. The Balaban J connectivity index is 1.88. The molecule has 2 atom stereocenters. The minimum atomic E-state index is 0.571. The van der Waals surface area contributed by atoms with Crippen molar-refractivity contribution in [3.8, 4) is 0 Å². The van der Waals surface area contributed by atoms with Crippen LogP contribution in [0.3, 0.4) is 0 Å². The Kier molecular flexibility index (Phi) is 2.32. The average Bonchev–Trinajstić information content (AvgIpc) is 2.88. The molecule has 2 nitrogen and oxygen atoms in total. The molecule has 1 aromatic heterocycles. The summed E-state index contributed by atoms with van der Waals surface area (Å²) >= 11 is 1.90. The fourth-order valence-corrected chi connectivity index (χ4v) is 3.60. The summed E-state index contributed by atoms with van der Waals surface area (Å²) in [5.41, 5.74) is 1.56. The number of hydrogen-bond donors (Lipinski definition) is 1. The molecule has 3 rings (SSSR count). The molecule has 0 aromatic carbocycles. The molecule has 0 saturated carbocycles. The van der Waals surface area contributed by atoms with Crippen LogP contribution in [0.25, 0.3) is 0 Å². The number of ether oxygens (including phenoxy) is 1. The van der Waals surface area contributed by atoms with E-state index in [4.69, 9.17) is 4.74 Å². The topological polar surface area (TPSA) is 21.3 Å². The molecule has 1 N–H and O–H groups in total. The summed E-state index contributed by atoms with van der Waals surface area (Å²) in [5.74, 6) is 0.702. The normalized spacial score (nSPS) is 31.7. The molecule has 14 heavy (non-hydrogen) atoms. The largest absolute Gasteiger partial charge is 0.381 e. The molecule has 3 heteroatoms. The quantitative estimate of drug-likeness (QED) is 0.763. The molecule has 0 bridgehead atoms. The van der Waals surface area contributed by atoms with Crippen molar-refractivity contribution in [2.45, 2.75) is 18.9 Å². The zero-order chi connectivity index (χ0) is 9.38. The van der Waals surface area contributed by atoms with Crippen LogP contribution in [0.15, 0.2) is 11.4 Å². The Labute approximate surface area is 88.3 Å². The second-order valence-electron chi connectivity index (χ2n) is 4.12. The van der Waals surface area contributed by atoms with Crippen molar-refractivity contribution in [2.24, 2.45) is 5.92 Å². The van der Waals surface area contributed by atoms with Crippen molar-refractivity contribution < 1.29 is 4.74 Å². The average molecular weight is 209 g/mol. The maximum Gasteiger partial charge on any atom is 0.0513 e. The molecule has 2 aliphatic rings. The van der Waals surface area contributed by atoms with E-state index in [-0.39, 0.29) is 0 Å². The van der Waals surface area contributed by atoms with Crippen LogP contribution >= 0.6 is 11.3 Å². The molecule has 0 aliphatic carbocycles. The van der Waals surface area contributed by atoms with Gasteiger partial charge in [0.05, 0.1) is 6.61 Å². The van der Waals surface area contributed by atoms with Crippen molar-refractivity contribution in [1.82, 2.24) is 5.32 Å². The lowest BCUT2D eigenvalue weighted by molar-refractivity contribution is 0.176. The summed E-state index contributed by atoms with van der Waals surface area (Å²) < 4.78 is 5.47. The van der Waals surface area contributed by atoms with E-state index in [2.05, 4.69) is 16.8 Å². The van der Waals surface area contributed by atoms with Crippen LogP contribution in [0.1, 0.15) is 22.9 Å². The summed E-state index contributed by atoms with van der Waals surface area (Å²) in [6, 6.07) is 2.85. The fraction of sp³-hybridized carbons (Fsp3) is 0.636. The lowest BCUT2D eigenvalue weighted by Gasteiger charge is -2.28. The van der Waals surface area contributed by atoms with Gasteiger partial charge in [-0.3, -0.25) is 0 Å². The third-order valence-electron chi connectivity index (χ3n) is 3.26. The van der Waals surface area contributed by atoms with Gasteiger partial charge >= 0.3 is 0 Å². The van der Waals surface area contributed by atoms with E-state index in [1.807, 2.05) is 11.3 Å². The third-order valence-corrected chi connectivity index (χ3v) is 4.30. The standard InChI is InChI=1S/C11H15NOS/c1-4-12-10(9-2-5-13-7-9)11-8(1)3-6-14-11/h3,6,9-10,12H,1-2,4-5,7H2. The van der Waals surface area contributed by atoms with Crippen LogP contribution in [0.5, 0.6) is 0 Å². The molecule has 0 spiro atoms. The van der Waals surface area contributed by atoms with Crippen molar-refractivity contribution in [1.29, 1.82) is 0 Å². The zero-order valence-electron chi connectivity index (χ0n) is 8.16. The van der Waals surface area contributed by atoms with Crippen LogP contribution in [0, 0.1) is 5.92 Å². The van der Waals surface area contributed by atoms with Crippen molar-refractivity contribution >= 4 is 11.3 Å². The van der Waals surface area contributed by atoms with E-state index >= 15 is 0 Å². The summed E-state index contributed by atoms with van der Waals surface area (Å²) in [6.45, 7) is 3.02. The number of fused-ring (bicyclic) bond motifs is 1.